The van der Waals surface area contributed by atoms with E-state index < -0.39 is 5.97 Å². The summed E-state index contributed by atoms with van der Waals surface area (Å²) in [5.41, 5.74) is 0.374. The molecular formula is C14H20N2O3. The van der Waals surface area contributed by atoms with Crippen LogP contribution in [-0.2, 0) is 0 Å². The summed E-state index contributed by atoms with van der Waals surface area (Å²) in [5, 5.41) is 14.3. The van der Waals surface area contributed by atoms with E-state index in [0.29, 0.717) is 24.1 Å². The molecule has 1 aromatic carbocycles. The molecule has 0 aliphatic rings. The first-order chi connectivity index (χ1) is 8.91. The zero-order chi connectivity index (χ0) is 14.4. The zero-order valence-electron chi connectivity index (χ0n) is 11.4. The summed E-state index contributed by atoms with van der Waals surface area (Å²) in [4.78, 5) is 22.7. The van der Waals surface area contributed by atoms with Crippen molar-refractivity contribution >= 4 is 17.7 Å². The number of hydrogen-bond donors (Lipinski definition) is 3. The summed E-state index contributed by atoms with van der Waals surface area (Å²) in [6, 6.07) is 5.93. The lowest BCUT2D eigenvalue weighted by atomic mass is 9.98. The van der Waals surface area contributed by atoms with Gasteiger partial charge in [-0.1, -0.05) is 32.9 Å². The molecule has 0 fully saturated rings. The van der Waals surface area contributed by atoms with Crippen LogP contribution in [-0.4, -0.2) is 23.7 Å². The first kappa shape index (κ1) is 15.0. The fourth-order valence-electron chi connectivity index (χ4n) is 1.43. The summed E-state index contributed by atoms with van der Waals surface area (Å²) in [6.07, 6.45) is 0. The molecule has 0 radical (unpaired) electrons. The second-order valence-electron chi connectivity index (χ2n) is 4.91. The molecule has 0 heterocycles. The molecule has 1 aromatic rings. The van der Waals surface area contributed by atoms with E-state index in [4.69, 9.17) is 5.11 Å². The van der Waals surface area contributed by atoms with Crippen LogP contribution in [0.25, 0.3) is 0 Å². The Labute approximate surface area is 113 Å². The maximum absolute atomic E-state index is 11.7. The van der Waals surface area contributed by atoms with Crippen molar-refractivity contribution in [2.45, 2.75) is 20.8 Å². The fourth-order valence-corrected chi connectivity index (χ4v) is 1.43. The number of benzene rings is 1. The topological polar surface area (TPSA) is 78.4 Å². The molecule has 1 rings (SSSR count). The molecule has 5 heteroatoms. The van der Waals surface area contributed by atoms with Gasteiger partial charge in [-0.15, -0.1) is 0 Å². The number of carbonyl (C=O) groups excluding carboxylic acids is 1. The standard InChI is InChI=1S/C14H20N2O3/c1-9(2)10(3)8-15-14(19)16-12-7-5-4-6-11(12)13(17)18/h4-7,9-10H,8H2,1-3H3,(H,17,18)(H2,15,16,19). The molecule has 1 atom stereocenters. The first-order valence-corrected chi connectivity index (χ1v) is 6.29. The maximum Gasteiger partial charge on any atom is 0.337 e. The van der Waals surface area contributed by atoms with Crippen molar-refractivity contribution in [2.24, 2.45) is 11.8 Å². The number of hydrogen-bond acceptors (Lipinski definition) is 2. The first-order valence-electron chi connectivity index (χ1n) is 6.29. The molecule has 0 aromatic heterocycles. The summed E-state index contributed by atoms with van der Waals surface area (Å²) >= 11 is 0. The van der Waals surface area contributed by atoms with Gasteiger partial charge in [0, 0.05) is 6.54 Å². The van der Waals surface area contributed by atoms with E-state index in [9.17, 15) is 9.59 Å². The van der Waals surface area contributed by atoms with E-state index in [1.165, 1.54) is 6.07 Å². The summed E-state index contributed by atoms with van der Waals surface area (Å²) in [7, 11) is 0. The lowest BCUT2D eigenvalue weighted by molar-refractivity contribution is 0.0698. The van der Waals surface area contributed by atoms with Gasteiger partial charge in [0.25, 0.3) is 0 Å². The van der Waals surface area contributed by atoms with Gasteiger partial charge in [0.15, 0.2) is 0 Å². The molecule has 0 aliphatic heterocycles. The third-order valence-corrected chi connectivity index (χ3v) is 3.13. The summed E-state index contributed by atoms with van der Waals surface area (Å²) in [5.74, 6) is -0.224. The monoisotopic (exact) mass is 264 g/mol. The average Bonchev–Trinajstić information content (AvgIpc) is 2.36. The molecule has 0 aliphatic carbocycles. The Morgan fingerprint density at radius 1 is 1.21 bits per heavy atom. The van der Waals surface area contributed by atoms with Crippen LogP contribution in [0.15, 0.2) is 24.3 Å². The van der Waals surface area contributed by atoms with E-state index in [2.05, 4.69) is 31.4 Å². The van der Waals surface area contributed by atoms with Gasteiger partial charge < -0.3 is 15.7 Å². The van der Waals surface area contributed by atoms with Crippen molar-refractivity contribution in [3.63, 3.8) is 0 Å². The summed E-state index contributed by atoms with van der Waals surface area (Å²) < 4.78 is 0. The van der Waals surface area contributed by atoms with Crippen molar-refractivity contribution in [3.05, 3.63) is 29.8 Å². The number of carbonyl (C=O) groups is 2. The highest BCUT2D eigenvalue weighted by Gasteiger charge is 2.12. The number of anilines is 1. The second kappa shape index (κ2) is 6.78. The van der Waals surface area contributed by atoms with Gasteiger partial charge in [-0.3, -0.25) is 0 Å². The highest BCUT2D eigenvalue weighted by Crippen LogP contribution is 2.14. The van der Waals surface area contributed by atoms with Crippen molar-refractivity contribution < 1.29 is 14.7 Å². The normalized spacial score (nSPS) is 12.0. The van der Waals surface area contributed by atoms with Gasteiger partial charge in [-0.05, 0) is 24.0 Å². The van der Waals surface area contributed by atoms with Crippen LogP contribution in [0.3, 0.4) is 0 Å². The number of rotatable bonds is 5. The number of urea groups is 1. The molecule has 0 spiro atoms. The molecule has 3 N–H and O–H groups in total. The SMILES string of the molecule is CC(C)C(C)CNC(=O)Nc1ccccc1C(=O)O. The number of para-hydroxylation sites is 1. The van der Waals surface area contributed by atoms with Crippen LogP contribution in [0.5, 0.6) is 0 Å². The lowest BCUT2D eigenvalue weighted by Crippen LogP contribution is -2.34. The Kier molecular flexibility index (Phi) is 5.36. The summed E-state index contributed by atoms with van der Waals surface area (Å²) in [6.45, 7) is 6.78. The molecule has 0 bridgehead atoms. The van der Waals surface area contributed by atoms with Gasteiger partial charge in [0.2, 0.25) is 0 Å². The van der Waals surface area contributed by atoms with Gasteiger partial charge in [-0.2, -0.15) is 0 Å². The molecule has 19 heavy (non-hydrogen) atoms. The number of carboxylic acid groups (broad SMARTS) is 1. The smallest absolute Gasteiger partial charge is 0.337 e. The number of amides is 2. The number of nitrogens with one attached hydrogen (secondary N) is 2. The van der Waals surface area contributed by atoms with E-state index in [0.717, 1.165) is 0 Å². The Bertz CT molecular complexity index is 458. The average molecular weight is 264 g/mol. The van der Waals surface area contributed by atoms with Crippen LogP contribution >= 0.6 is 0 Å². The van der Waals surface area contributed by atoms with E-state index in [1.54, 1.807) is 18.2 Å². The molecule has 5 nitrogen and oxygen atoms in total. The molecule has 2 amide bonds. The van der Waals surface area contributed by atoms with Crippen LogP contribution in [0, 0.1) is 11.8 Å². The minimum absolute atomic E-state index is 0.0783. The van der Waals surface area contributed by atoms with Crippen LogP contribution in [0.1, 0.15) is 31.1 Å². The quantitative estimate of drug-likeness (QED) is 0.765. The third-order valence-electron chi connectivity index (χ3n) is 3.13. The fraction of sp³-hybridized carbons (Fsp3) is 0.429. The van der Waals surface area contributed by atoms with Crippen molar-refractivity contribution in [2.75, 3.05) is 11.9 Å². The number of carboxylic acids is 1. The number of aromatic carboxylic acids is 1. The van der Waals surface area contributed by atoms with Gasteiger partial charge in [-0.25, -0.2) is 9.59 Å². The Hall–Kier alpha value is -2.04. The predicted octanol–water partition coefficient (Wildman–Crippen LogP) is 2.80. The van der Waals surface area contributed by atoms with Crippen molar-refractivity contribution in [1.29, 1.82) is 0 Å². The molecule has 0 saturated heterocycles. The molecule has 1 unspecified atom stereocenters. The Balaban J connectivity index is 2.60. The van der Waals surface area contributed by atoms with Gasteiger partial charge >= 0.3 is 12.0 Å². The van der Waals surface area contributed by atoms with E-state index >= 15 is 0 Å². The highest BCUT2D eigenvalue weighted by atomic mass is 16.4. The largest absolute Gasteiger partial charge is 0.478 e. The predicted molar refractivity (Wildman–Crippen MR) is 74.4 cm³/mol. The third kappa shape index (κ3) is 4.62. The second-order valence-corrected chi connectivity index (χ2v) is 4.91. The van der Waals surface area contributed by atoms with Crippen LogP contribution < -0.4 is 10.6 Å². The molecule has 104 valence electrons. The van der Waals surface area contributed by atoms with Crippen LogP contribution in [0.2, 0.25) is 0 Å². The zero-order valence-corrected chi connectivity index (χ0v) is 11.4. The highest BCUT2D eigenvalue weighted by molar-refractivity contribution is 5.99. The van der Waals surface area contributed by atoms with Gasteiger partial charge in [0.05, 0.1) is 11.3 Å². The molecular weight excluding hydrogens is 244 g/mol. The van der Waals surface area contributed by atoms with Crippen molar-refractivity contribution in [1.82, 2.24) is 5.32 Å². The van der Waals surface area contributed by atoms with Crippen LogP contribution in [0.4, 0.5) is 10.5 Å². The van der Waals surface area contributed by atoms with E-state index in [-0.39, 0.29) is 11.6 Å². The minimum Gasteiger partial charge on any atom is -0.478 e. The Morgan fingerprint density at radius 3 is 2.42 bits per heavy atom. The Morgan fingerprint density at radius 2 is 1.84 bits per heavy atom. The maximum atomic E-state index is 11.7. The minimum atomic E-state index is -1.06. The van der Waals surface area contributed by atoms with Crippen molar-refractivity contribution in [3.8, 4) is 0 Å². The molecule has 0 saturated carbocycles. The lowest BCUT2D eigenvalue weighted by Gasteiger charge is -2.16. The van der Waals surface area contributed by atoms with E-state index in [1.807, 2.05) is 0 Å². The van der Waals surface area contributed by atoms with Gasteiger partial charge in [0.1, 0.15) is 0 Å².